The van der Waals surface area contributed by atoms with Crippen LogP contribution < -0.4 is 10.6 Å². The van der Waals surface area contributed by atoms with E-state index in [-0.39, 0.29) is 0 Å². The van der Waals surface area contributed by atoms with E-state index in [1.54, 1.807) is 18.2 Å². The van der Waals surface area contributed by atoms with Crippen molar-refractivity contribution < 1.29 is 0 Å². The quantitative estimate of drug-likeness (QED) is 0.779. The average molecular weight is 232 g/mol. The molecule has 5 heteroatoms. The van der Waals surface area contributed by atoms with Crippen LogP contribution in [0.5, 0.6) is 0 Å². The van der Waals surface area contributed by atoms with Crippen molar-refractivity contribution in [3.8, 4) is 0 Å². The largest absolute Gasteiger partial charge is 0.354 e. The number of nitrogens with zero attached hydrogens (tertiary/aromatic N) is 1. The van der Waals surface area contributed by atoms with Crippen LogP contribution >= 0.6 is 23.2 Å². The summed E-state index contributed by atoms with van der Waals surface area (Å²) >= 11 is 12.0. The minimum atomic E-state index is 0.592. The molecule has 2 rings (SSSR count). The molecule has 0 aromatic heterocycles. The number of hydrogen-bond acceptors (Lipinski definition) is 3. The first-order chi connectivity index (χ1) is 6.77. The molecule has 3 nitrogen and oxygen atoms in total. The van der Waals surface area contributed by atoms with Crippen molar-refractivity contribution in [3.05, 3.63) is 28.2 Å². The minimum absolute atomic E-state index is 0.592. The normalized spacial score (nSPS) is 14.9. The van der Waals surface area contributed by atoms with E-state index >= 15 is 0 Å². The smallest absolute Gasteiger partial charge is 0.196 e. The fourth-order valence-electron chi connectivity index (χ4n) is 1.22. The van der Waals surface area contributed by atoms with Crippen LogP contribution in [-0.2, 0) is 0 Å². The molecular formula is C9H9Cl2N3. The summed E-state index contributed by atoms with van der Waals surface area (Å²) in [5, 5.41) is 7.32. The maximum Gasteiger partial charge on any atom is 0.196 e. The van der Waals surface area contributed by atoms with Crippen molar-refractivity contribution in [2.24, 2.45) is 4.99 Å². The number of para-hydroxylation sites is 1. The van der Waals surface area contributed by atoms with Crippen LogP contribution in [0.1, 0.15) is 0 Å². The van der Waals surface area contributed by atoms with Gasteiger partial charge in [-0.3, -0.25) is 4.99 Å². The second-order valence-corrected chi connectivity index (χ2v) is 3.69. The summed E-state index contributed by atoms with van der Waals surface area (Å²) in [6, 6.07) is 5.37. The van der Waals surface area contributed by atoms with E-state index in [0.717, 1.165) is 19.0 Å². The minimum Gasteiger partial charge on any atom is -0.354 e. The highest BCUT2D eigenvalue weighted by Crippen LogP contribution is 2.29. The molecule has 1 aromatic carbocycles. The van der Waals surface area contributed by atoms with Crippen LogP contribution in [0, 0.1) is 0 Å². The molecule has 0 saturated heterocycles. The van der Waals surface area contributed by atoms with Crippen LogP contribution in [0.25, 0.3) is 0 Å². The Hall–Kier alpha value is -0.930. The molecule has 0 saturated carbocycles. The number of benzene rings is 1. The molecule has 1 aliphatic heterocycles. The zero-order chi connectivity index (χ0) is 9.97. The Morgan fingerprint density at radius 1 is 1.36 bits per heavy atom. The summed E-state index contributed by atoms with van der Waals surface area (Å²) in [4.78, 5) is 4.19. The zero-order valence-corrected chi connectivity index (χ0v) is 8.86. The van der Waals surface area contributed by atoms with Crippen molar-refractivity contribution in [3.63, 3.8) is 0 Å². The Morgan fingerprint density at radius 2 is 2.07 bits per heavy atom. The lowest BCUT2D eigenvalue weighted by atomic mass is 10.4. The van der Waals surface area contributed by atoms with Crippen LogP contribution in [0.3, 0.4) is 0 Å². The van der Waals surface area contributed by atoms with Gasteiger partial charge in [-0.05, 0) is 12.1 Å². The lowest BCUT2D eigenvalue weighted by Crippen LogP contribution is -2.26. The first kappa shape index (κ1) is 9.62. The van der Waals surface area contributed by atoms with E-state index in [4.69, 9.17) is 23.2 Å². The predicted octanol–water partition coefficient (Wildman–Crippen LogP) is 2.36. The number of nitrogens with one attached hydrogen (secondary N) is 2. The van der Waals surface area contributed by atoms with Gasteiger partial charge in [-0.25, -0.2) is 0 Å². The number of guanidine groups is 1. The van der Waals surface area contributed by atoms with Crippen molar-refractivity contribution in [1.82, 2.24) is 5.32 Å². The summed E-state index contributed by atoms with van der Waals surface area (Å²) in [5.74, 6) is 0.722. The summed E-state index contributed by atoms with van der Waals surface area (Å²) < 4.78 is 0. The van der Waals surface area contributed by atoms with Gasteiger partial charge in [0.1, 0.15) is 0 Å². The molecule has 0 spiro atoms. The summed E-state index contributed by atoms with van der Waals surface area (Å²) in [5.41, 5.74) is 0.698. The maximum absolute atomic E-state index is 5.98. The topological polar surface area (TPSA) is 36.4 Å². The van der Waals surface area contributed by atoms with E-state index in [9.17, 15) is 0 Å². The molecule has 1 heterocycles. The van der Waals surface area contributed by atoms with Crippen LogP contribution in [-0.4, -0.2) is 19.0 Å². The van der Waals surface area contributed by atoms with Gasteiger partial charge in [0.05, 0.1) is 22.3 Å². The van der Waals surface area contributed by atoms with Crippen molar-refractivity contribution in [2.75, 3.05) is 18.4 Å². The monoisotopic (exact) mass is 231 g/mol. The Balaban J connectivity index is 2.23. The molecular weight excluding hydrogens is 223 g/mol. The summed E-state index contributed by atoms with van der Waals surface area (Å²) in [6.07, 6.45) is 0. The van der Waals surface area contributed by atoms with E-state index in [0.29, 0.717) is 15.7 Å². The number of anilines is 1. The molecule has 0 unspecified atom stereocenters. The van der Waals surface area contributed by atoms with Gasteiger partial charge in [-0.2, -0.15) is 0 Å². The van der Waals surface area contributed by atoms with Gasteiger partial charge in [0.25, 0.3) is 0 Å². The van der Waals surface area contributed by atoms with Crippen molar-refractivity contribution in [1.29, 1.82) is 0 Å². The standard InChI is InChI=1S/C9H9Cl2N3/c10-6-2-1-3-7(11)8(6)14-9-12-4-5-13-9/h1-3H,4-5H2,(H2,12,13,14)/i1+2. The third-order valence-electron chi connectivity index (χ3n) is 1.88. The molecule has 2 N–H and O–H groups in total. The van der Waals surface area contributed by atoms with Gasteiger partial charge >= 0.3 is 0 Å². The fourth-order valence-corrected chi connectivity index (χ4v) is 1.71. The molecule has 74 valence electrons. The van der Waals surface area contributed by atoms with Gasteiger partial charge in [0.15, 0.2) is 5.96 Å². The molecule has 0 amide bonds. The SMILES string of the molecule is Clc1c[14cH]cc(Cl)c1NC1=NCCN1. The second-order valence-electron chi connectivity index (χ2n) is 2.88. The van der Waals surface area contributed by atoms with Crippen LogP contribution in [0.4, 0.5) is 5.69 Å². The van der Waals surface area contributed by atoms with Gasteiger partial charge in [-0.1, -0.05) is 29.3 Å². The van der Waals surface area contributed by atoms with Gasteiger partial charge in [-0.15, -0.1) is 0 Å². The highest BCUT2D eigenvalue weighted by atomic mass is 35.5. The maximum atomic E-state index is 5.98. The fraction of sp³-hybridized carbons (Fsp3) is 0.222. The number of halogens is 2. The third kappa shape index (κ3) is 1.94. The predicted molar refractivity (Wildman–Crippen MR) is 60.4 cm³/mol. The highest BCUT2D eigenvalue weighted by Gasteiger charge is 2.09. The first-order valence-electron chi connectivity index (χ1n) is 4.27. The third-order valence-corrected chi connectivity index (χ3v) is 2.51. The van der Waals surface area contributed by atoms with E-state index < -0.39 is 0 Å². The molecule has 0 atom stereocenters. The Labute approximate surface area is 92.1 Å². The zero-order valence-electron chi connectivity index (χ0n) is 7.35. The average Bonchev–Trinajstić information content (AvgIpc) is 2.64. The summed E-state index contributed by atoms with van der Waals surface area (Å²) in [7, 11) is 0. The number of aliphatic imine (C=N–C) groups is 1. The highest BCUT2D eigenvalue weighted by molar-refractivity contribution is 6.39. The Bertz CT molecular complexity index is 356. The van der Waals surface area contributed by atoms with Crippen molar-refractivity contribution >= 4 is 34.8 Å². The Kier molecular flexibility index (Phi) is 2.79. The number of rotatable bonds is 1. The van der Waals surface area contributed by atoms with Gasteiger partial charge in [0.2, 0.25) is 0 Å². The van der Waals surface area contributed by atoms with Gasteiger partial charge in [0, 0.05) is 6.54 Å². The van der Waals surface area contributed by atoms with E-state index in [2.05, 4.69) is 15.6 Å². The molecule has 1 aliphatic rings. The molecule has 0 radical (unpaired) electrons. The van der Waals surface area contributed by atoms with E-state index in [1.807, 2.05) is 0 Å². The Morgan fingerprint density at radius 3 is 2.64 bits per heavy atom. The van der Waals surface area contributed by atoms with Crippen LogP contribution in [0.2, 0.25) is 10.0 Å². The molecule has 0 bridgehead atoms. The lowest BCUT2D eigenvalue weighted by molar-refractivity contribution is 0.959. The molecule has 0 aliphatic carbocycles. The van der Waals surface area contributed by atoms with Crippen molar-refractivity contribution in [2.45, 2.75) is 0 Å². The van der Waals surface area contributed by atoms with Crippen LogP contribution in [0.15, 0.2) is 23.2 Å². The molecule has 1 aromatic rings. The number of hydrogen-bond donors (Lipinski definition) is 2. The second kappa shape index (κ2) is 4.07. The molecule has 0 fully saturated rings. The molecule has 14 heavy (non-hydrogen) atoms. The van der Waals surface area contributed by atoms with Gasteiger partial charge < -0.3 is 10.6 Å². The first-order valence-corrected chi connectivity index (χ1v) is 5.02. The summed E-state index contributed by atoms with van der Waals surface area (Å²) in [6.45, 7) is 1.63. The van der Waals surface area contributed by atoms with E-state index in [1.165, 1.54) is 0 Å². The lowest BCUT2D eigenvalue weighted by Gasteiger charge is -2.09.